The molecule has 0 heterocycles. The highest BCUT2D eigenvalue weighted by Gasteiger charge is 2.21. The Morgan fingerprint density at radius 1 is 1.10 bits per heavy atom. The Labute approximate surface area is 122 Å². The summed E-state index contributed by atoms with van der Waals surface area (Å²) in [7, 11) is 0. The summed E-state index contributed by atoms with van der Waals surface area (Å²) in [5, 5.41) is 11.8. The average Bonchev–Trinajstić information content (AvgIpc) is 2.47. The van der Waals surface area contributed by atoms with E-state index in [1.807, 2.05) is 0 Å². The van der Waals surface area contributed by atoms with E-state index in [-0.39, 0.29) is 6.42 Å². The molecule has 0 aliphatic rings. The molecule has 0 saturated carbocycles. The molecule has 2 aromatic rings. The van der Waals surface area contributed by atoms with Crippen LogP contribution in [0.3, 0.4) is 0 Å². The standard InChI is InChI=1S/C16H16N2O3/c17-13-8-4-5-11(9-13)10-14(16(20)21)18-15(19)12-6-2-1-3-7-12/h1-9,14H,10,17H2,(H,18,19)(H,20,21)/t14-/m1/s1. The molecule has 2 aromatic carbocycles. The topological polar surface area (TPSA) is 92.4 Å². The highest BCUT2D eigenvalue weighted by atomic mass is 16.4. The van der Waals surface area contributed by atoms with Gasteiger partial charge in [-0.15, -0.1) is 0 Å². The molecule has 0 unspecified atom stereocenters. The number of nitrogens with two attached hydrogens (primary N) is 1. The number of nitrogen functional groups attached to an aromatic ring is 1. The van der Waals surface area contributed by atoms with E-state index in [1.54, 1.807) is 54.6 Å². The molecule has 0 aliphatic carbocycles. The van der Waals surface area contributed by atoms with E-state index < -0.39 is 17.9 Å². The van der Waals surface area contributed by atoms with Gasteiger partial charge >= 0.3 is 5.97 Å². The van der Waals surface area contributed by atoms with Crippen molar-refractivity contribution in [2.45, 2.75) is 12.5 Å². The molecule has 5 heteroatoms. The maximum atomic E-state index is 12.0. The van der Waals surface area contributed by atoms with Crippen LogP contribution in [0.25, 0.3) is 0 Å². The largest absolute Gasteiger partial charge is 0.480 e. The number of aliphatic carboxylic acids is 1. The Bertz CT molecular complexity index is 641. The van der Waals surface area contributed by atoms with Crippen LogP contribution in [-0.2, 0) is 11.2 Å². The van der Waals surface area contributed by atoms with Crippen LogP contribution in [0.5, 0.6) is 0 Å². The van der Waals surface area contributed by atoms with Crippen LogP contribution in [0.1, 0.15) is 15.9 Å². The molecule has 1 atom stereocenters. The molecular formula is C16H16N2O3. The van der Waals surface area contributed by atoms with Gasteiger partial charge in [-0.1, -0.05) is 30.3 Å². The van der Waals surface area contributed by atoms with Gasteiger partial charge in [-0.05, 0) is 29.8 Å². The second-order valence-electron chi connectivity index (χ2n) is 4.68. The number of carboxylic acid groups (broad SMARTS) is 1. The van der Waals surface area contributed by atoms with E-state index in [1.165, 1.54) is 0 Å². The molecule has 2 rings (SSSR count). The lowest BCUT2D eigenvalue weighted by molar-refractivity contribution is -0.139. The van der Waals surface area contributed by atoms with Crippen LogP contribution in [0.15, 0.2) is 54.6 Å². The van der Waals surface area contributed by atoms with Crippen molar-refractivity contribution in [3.8, 4) is 0 Å². The lowest BCUT2D eigenvalue weighted by atomic mass is 10.0. The summed E-state index contributed by atoms with van der Waals surface area (Å²) in [4.78, 5) is 23.3. The minimum Gasteiger partial charge on any atom is -0.480 e. The smallest absolute Gasteiger partial charge is 0.326 e. The summed E-state index contributed by atoms with van der Waals surface area (Å²) < 4.78 is 0. The second kappa shape index (κ2) is 6.56. The number of carbonyl (C=O) groups is 2. The highest BCUT2D eigenvalue weighted by Crippen LogP contribution is 2.10. The summed E-state index contributed by atoms with van der Waals surface area (Å²) in [5.41, 5.74) is 7.42. The zero-order valence-electron chi connectivity index (χ0n) is 11.3. The number of rotatable bonds is 5. The predicted octanol–water partition coefficient (Wildman–Crippen LogP) is 1.69. The van der Waals surface area contributed by atoms with E-state index >= 15 is 0 Å². The van der Waals surface area contributed by atoms with Crippen LogP contribution >= 0.6 is 0 Å². The number of amides is 1. The summed E-state index contributed by atoms with van der Waals surface area (Å²) in [6.07, 6.45) is 0.180. The monoisotopic (exact) mass is 284 g/mol. The summed E-state index contributed by atoms with van der Waals surface area (Å²) in [6.45, 7) is 0. The number of carbonyl (C=O) groups excluding carboxylic acids is 1. The normalized spacial score (nSPS) is 11.6. The first kappa shape index (κ1) is 14.6. The van der Waals surface area contributed by atoms with Gasteiger partial charge < -0.3 is 16.2 Å². The Morgan fingerprint density at radius 3 is 2.43 bits per heavy atom. The third-order valence-electron chi connectivity index (χ3n) is 3.03. The van der Waals surface area contributed by atoms with Crippen molar-refractivity contribution in [3.63, 3.8) is 0 Å². The minimum absolute atomic E-state index is 0.180. The fourth-order valence-electron chi connectivity index (χ4n) is 1.99. The van der Waals surface area contributed by atoms with Gasteiger partial charge in [-0.3, -0.25) is 4.79 Å². The van der Waals surface area contributed by atoms with Gasteiger partial charge in [0.1, 0.15) is 6.04 Å². The van der Waals surface area contributed by atoms with Crippen molar-refractivity contribution in [1.82, 2.24) is 5.32 Å². The van der Waals surface area contributed by atoms with Crippen molar-refractivity contribution in [2.24, 2.45) is 0 Å². The zero-order chi connectivity index (χ0) is 15.2. The predicted molar refractivity (Wildman–Crippen MR) is 79.9 cm³/mol. The average molecular weight is 284 g/mol. The molecule has 108 valence electrons. The van der Waals surface area contributed by atoms with Gasteiger partial charge in [0.25, 0.3) is 5.91 Å². The zero-order valence-corrected chi connectivity index (χ0v) is 11.3. The molecule has 1 amide bonds. The number of benzene rings is 2. The molecule has 21 heavy (non-hydrogen) atoms. The molecule has 0 saturated heterocycles. The van der Waals surface area contributed by atoms with Crippen molar-refractivity contribution in [3.05, 3.63) is 65.7 Å². The van der Waals surface area contributed by atoms with E-state index in [0.717, 1.165) is 5.56 Å². The van der Waals surface area contributed by atoms with E-state index in [0.29, 0.717) is 11.3 Å². The maximum Gasteiger partial charge on any atom is 0.326 e. The first-order valence-electron chi connectivity index (χ1n) is 6.49. The van der Waals surface area contributed by atoms with Crippen molar-refractivity contribution in [2.75, 3.05) is 5.73 Å². The number of carboxylic acids is 1. The number of anilines is 1. The van der Waals surface area contributed by atoms with Gasteiger partial charge in [0.15, 0.2) is 0 Å². The van der Waals surface area contributed by atoms with Gasteiger partial charge in [-0.2, -0.15) is 0 Å². The summed E-state index contributed by atoms with van der Waals surface area (Å²) >= 11 is 0. The first-order chi connectivity index (χ1) is 10.1. The Hall–Kier alpha value is -2.82. The van der Waals surface area contributed by atoms with Crippen LogP contribution in [-0.4, -0.2) is 23.0 Å². The third kappa shape index (κ3) is 4.07. The Kier molecular flexibility index (Phi) is 4.56. The maximum absolute atomic E-state index is 12.0. The lowest BCUT2D eigenvalue weighted by Gasteiger charge is -2.15. The van der Waals surface area contributed by atoms with Crippen LogP contribution in [0, 0.1) is 0 Å². The molecule has 0 aromatic heterocycles. The van der Waals surface area contributed by atoms with E-state index in [2.05, 4.69) is 5.32 Å². The molecule has 0 radical (unpaired) electrons. The molecule has 4 N–H and O–H groups in total. The molecule has 0 aliphatic heterocycles. The van der Waals surface area contributed by atoms with Crippen LogP contribution in [0.4, 0.5) is 5.69 Å². The Balaban J connectivity index is 2.09. The molecular weight excluding hydrogens is 268 g/mol. The third-order valence-corrected chi connectivity index (χ3v) is 3.03. The van der Waals surface area contributed by atoms with Crippen LogP contribution in [0.2, 0.25) is 0 Å². The highest BCUT2D eigenvalue weighted by molar-refractivity contribution is 5.96. The van der Waals surface area contributed by atoms with Crippen molar-refractivity contribution >= 4 is 17.6 Å². The van der Waals surface area contributed by atoms with Gasteiger partial charge in [-0.25, -0.2) is 4.79 Å². The second-order valence-corrected chi connectivity index (χ2v) is 4.68. The molecule has 0 spiro atoms. The Morgan fingerprint density at radius 2 is 1.81 bits per heavy atom. The molecule has 5 nitrogen and oxygen atoms in total. The number of hydrogen-bond donors (Lipinski definition) is 3. The number of nitrogens with one attached hydrogen (secondary N) is 1. The minimum atomic E-state index is -1.08. The molecule has 0 fully saturated rings. The first-order valence-corrected chi connectivity index (χ1v) is 6.49. The SMILES string of the molecule is Nc1cccc(C[C@@H](NC(=O)c2ccccc2)C(=O)O)c1. The quantitative estimate of drug-likeness (QED) is 0.728. The van der Waals surface area contributed by atoms with Gasteiger partial charge in [0.05, 0.1) is 0 Å². The lowest BCUT2D eigenvalue weighted by Crippen LogP contribution is -2.42. The fourth-order valence-corrected chi connectivity index (χ4v) is 1.99. The van der Waals surface area contributed by atoms with Crippen LogP contribution < -0.4 is 11.1 Å². The van der Waals surface area contributed by atoms with Crippen molar-refractivity contribution < 1.29 is 14.7 Å². The number of hydrogen-bond acceptors (Lipinski definition) is 3. The van der Waals surface area contributed by atoms with Gasteiger partial charge in [0, 0.05) is 17.7 Å². The summed E-state index contributed by atoms with van der Waals surface area (Å²) in [6, 6.07) is 14.5. The van der Waals surface area contributed by atoms with E-state index in [4.69, 9.17) is 5.73 Å². The molecule has 0 bridgehead atoms. The van der Waals surface area contributed by atoms with E-state index in [9.17, 15) is 14.7 Å². The van der Waals surface area contributed by atoms with Crippen molar-refractivity contribution in [1.29, 1.82) is 0 Å². The fraction of sp³-hybridized carbons (Fsp3) is 0.125. The summed E-state index contributed by atoms with van der Waals surface area (Å²) in [5.74, 6) is -1.49. The van der Waals surface area contributed by atoms with Gasteiger partial charge in [0.2, 0.25) is 0 Å².